The van der Waals surface area contributed by atoms with E-state index in [0.29, 0.717) is 28.7 Å². The molecule has 20 heavy (non-hydrogen) atoms. The van der Waals surface area contributed by atoms with Crippen molar-refractivity contribution in [2.45, 2.75) is 26.7 Å². The van der Waals surface area contributed by atoms with E-state index in [1.54, 1.807) is 6.07 Å². The number of sulfonamides is 1. The van der Waals surface area contributed by atoms with Crippen LogP contribution in [-0.4, -0.2) is 27.3 Å². The summed E-state index contributed by atoms with van der Waals surface area (Å²) < 4.78 is 26.4. The molecule has 0 amide bonds. The van der Waals surface area contributed by atoms with E-state index in [2.05, 4.69) is 17.0 Å². The number of benzene rings is 1. The third kappa shape index (κ3) is 5.87. The Hall–Kier alpha value is -0.490. The third-order valence-electron chi connectivity index (χ3n) is 2.71. The average Bonchev–Trinajstić information content (AvgIpc) is 2.35. The van der Waals surface area contributed by atoms with Crippen LogP contribution in [0.2, 0.25) is 10.0 Å². The monoisotopic (exact) mass is 338 g/mol. The summed E-state index contributed by atoms with van der Waals surface area (Å²) in [6.45, 7) is 5.45. The van der Waals surface area contributed by atoms with Crippen LogP contribution in [0.5, 0.6) is 0 Å². The molecule has 0 saturated heterocycles. The van der Waals surface area contributed by atoms with E-state index >= 15 is 0 Å². The molecule has 0 fully saturated rings. The van der Waals surface area contributed by atoms with Gasteiger partial charge in [-0.05, 0) is 50.6 Å². The van der Waals surface area contributed by atoms with Crippen LogP contribution in [0, 0.1) is 6.92 Å². The first-order valence-corrected chi connectivity index (χ1v) is 8.93. The molecule has 4 nitrogen and oxygen atoms in total. The van der Waals surface area contributed by atoms with Gasteiger partial charge in [-0.1, -0.05) is 30.1 Å². The van der Waals surface area contributed by atoms with Crippen molar-refractivity contribution in [1.29, 1.82) is 0 Å². The number of hydrogen-bond acceptors (Lipinski definition) is 3. The molecule has 1 aromatic rings. The Morgan fingerprint density at radius 1 is 1.15 bits per heavy atom. The van der Waals surface area contributed by atoms with Crippen LogP contribution in [-0.2, 0) is 10.0 Å². The number of hydrogen-bond donors (Lipinski definition) is 2. The average molecular weight is 339 g/mol. The Morgan fingerprint density at radius 2 is 1.85 bits per heavy atom. The lowest BCUT2D eigenvalue weighted by Crippen LogP contribution is -2.22. The lowest BCUT2D eigenvalue weighted by Gasteiger charge is -2.11. The molecular formula is C13H20Cl2N2O2S. The molecular weight excluding hydrogens is 319 g/mol. The fourth-order valence-corrected chi connectivity index (χ4v) is 3.25. The van der Waals surface area contributed by atoms with Gasteiger partial charge in [0.25, 0.3) is 0 Å². The smallest absolute Gasteiger partial charge is 0.232 e. The zero-order valence-corrected chi connectivity index (χ0v) is 14.0. The van der Waals surface area contributed by atoms with Gasteiger partial charge in [0.15, 0.2) is 0 Å². The summed E-state index contributed by atoms with van der Waals surface area (Å²) in [6.07, 6.45) is 1.58. The topological polar surface area (TPSA) is 58.2 Å². The maximum absolute atomic E-state index is 11.9. The third-order valence-corrected chi connectivity index (χ3v) is 4.78. The van der Waals surface area contributed by atoms with E-state index < -0.39 is 10.0 Å². The van der Waals surface area contributed by atoms with E-state index in [4.69, 9.17) is 23.2 Å². The van der Waals surface area contributed by atoms with Crippen molar-refractivity contribution in [1.82, 2.24) is 5.32 Å². The van der Waals surface area contributed by atoms with Crippen molar-refractivity contribution >= 4 is 38.9 Å². The van der Waals surface area contributed by atoms with E-state index in [9.17, 15) is 8.42 Å². The second-order valence-corrected chi connectivity index (χ2v) is 7.26. The zero-order chi connectivity index (χ0) is 15.2. The summed E-state index contributed by atoms with van der Waals surface area (Å²) in [5.74, 6) is 0.0472. The fourth-order valence-electron chi connectivity index (χ4n) is 1.63. The number of rotatable bonds is 8. The Morgan fingerprint density at radius 3 is 2.50 bits per heavy atom. The Bertz CT molecular complexity index is 548. The van der Waals surface area contributed by atoms with Gasteiger partial charge in [-0.15, -0.1) is 0 Å². The molecule has 0 aliphatic rings. The van der Waals surface area contributed by atoms with Crippen molar-refractivity contribution in [2.75, 3.05) is 23.6 Å². The van der Waals surface area contributed by atoms with Crippen molar-refractivity contribution in [3.63, 3.8) is 0 Å². The van der Waals surface area contributed by atoms with E-state index in [-0.39, 0.29) is 5.75 Å². The number of halogens is 2. The predicted octanol–water partition coefficient (Wildman–Crippen LogP) is 3.43. The normalized spacial score (nSPS) is 11.6. The van der Waals surface area contributed by atoms with Crippen molar-refractivity contribution in [3.05, 3.63) is 27.7 Å². The quantitative estimate of drug-likeness (QED) is 0.714. The van der Waals surface area contributed by atoms with Gasteiger partial charge in [-0.3, -0.25) is 4.72 Å². The first-order valence-electron chi connectivity index (χ1n) is 6.52. The summed E-state index contributed by atoms with van der Waals surface area (Å²) in [6, 6.07) is 3.18. The molecule has 0 aliphatic carbocycles. The molecule has 7 heteroatoms. The minimum Gasteiger partial charge on any atom is -0.317 e. The molecule has 0 saturated carbocycles. The van der Waals surface area contributed by atoms with Gasteiger partial charge in [-0.2, -0.15) is 0 Å². The minimum atomic E-state index is -3.41. The van der Waals surface area contributed by atoms with Gasteiger partial charge in [0, 0.05) is 5.02 Å². The molecule has 0 aromatic heterocycles. The van der Waals surface area contributed by atoms with E-state index in [0.717, 1.165) is 18.5 Å². The second kappa shape index (κ2) is 8.08. The predicted molar refractivity (Wildman–Crippen MR) is 86.4 cm³/mol. The van der Waals surface area contributed by atoms with E-state index in [1.807, 2.05) is 6.92 Å². The number of nitrogens with one attached hydrogen (secondary N) is 2. The van der Waals surface area contributed by atoms with Gasteiger partial charge in [0.1, 0.15) is 0 Å². The van der Waals surface area contributed by atoms with Crippen LogP contribution >= 0.6 is 23.2 Å². The molecule has 0 spiro atoms. The molecule has 0 aliphatic heterocycles. The van der Waals surface area contributed by atoms with Crippen LogP contribution in [0.15, 0.2) is 12.1 Å². The lowest BCUT2D eigenvalue weighted by atomic mass is 10.2. The molecule has 1 aromatic carbocycles. The summed E-state index contributed by atoms with van der Waals surface area (Å²) in [7, 11) is -3.41. The lowest BCUT2D eigenvalue weighted by molar-refractivity contribution is 0.593. The SMILES string of the molecule is CCCNCCCS(=O)(=O)Nc1cc(Cl)c(C)cc1Cl. The fraction of sp³-hybridized carbons (Fsp3) is 0.538. The van der Waals surface area contributed by atoms with Crippen LogP contribution in [0.3, 0.4) is 0 Å². The summed E-state index contributed by atoms with van der Waals surface area (Å²) in [5.41, 5.74) is 1.13. The highest BCUT2D eigenvalue weighted by Gasteiger charge is 2.13. The van der Waals surface area contributed by atoms with Gasteiger partial charge < -0.3 is 5.32 Å². The first-order chi connectivity index (χ1) is 9.35. The van der Waals surface area contributed by atoms with Crippen LogP contribution in [0.25, 0.3) is 0 Å². The highest BCUT2D eigenvalue weighted by atomic mass is 35.5. The maximum atomic E-state index is 11.9. The van der Waals surface area contributed by atoms with Gasteiger partial charge in [0.05, 0.1) is 16.5 Å². The summed E-state index contributed by atoms with van der Waals surface area (Å²) in [5, 5.41) is 3.99. The molecule has 0 bridgehead atoms. The molecule has 0 radical (unpaired) electrons. The second-order valence-electron chi connectivity index (χ2n) is 4.61. The standard InChI is InChI=1S/C13H20Cl2N2O2S/c1-3-5-16-6-4-7-20(18,19)17-13-9-11(14)10(2)8-12(13)15/h8-9,16-17H,3-7H2,1-2H3. The Labute approximate surface area is 130 Å². The number of aryl methyl sites for hydroxylation is 1. The molecule has 0 heterocycles. The molecule has 0 atom stereocenters. The highest BCUT2D eigenvalue weighted by molar-refractivity contribution is 7.92. The van der Waals surface area contributed by atoms with Crippen LogP contribution < -0.4 is 10.0 Å². The van der Waals surface area contributed by atoms with Gasteiger partial charge in [0.2, 0.25) is 10.0 Å². The Kier molecular flexibility index (Phi) is 7.09. The van der Waals surface area contributed by atoms with Gasteiger partial charge in [-0.25, -0.2) is 8.42 Å². The molecule has 0 unspecified atom stereocenters. The van der Waals surface area contributed by atoms with Crippen molar-refractivity contribution < 1.29 is 8.42 Å². The molecule has 114 valence electrons. The molecule has 1 rings (SSSR count). The first kappa shape index (κ1) is 17.6. The van der Waals surface area contributed by atoms with Crippen LogP contribution in [0.1, 0.15) is 25.3 Å². The Balaban J connectivity index is 2.60. The van der Waals surface area contributed by atoms with Crippen molar-refractivity contribution in [2.24, 2.45) is 0 Å². The van der Waals surface area contributed by atoms with Crippen LogP contribution in [0.4, 0.5) is 5.69 Å². The van der Waals surface area contributed by atoms with Crippen molar-refractivity contribution in [3.8, 4) is 0 Å². The molecule has 2 N–H and O–H groups in total. The largest absolute Gasteiger partial charge is 0.317 e. The minimum absolute atomic E-state index is 0.0472. The highest BCUT2D eigenvalue weighted by Crippen LogP contribution is 2.29. The van der Waals surface area contributed by atoms with E-state index in [1.165, 1.54) is 6.07 Å². The zero-order valence-electron chi connectivity index (χ0n) is 11.7. The number of anilines is 1. The summed E-state index contributed by atoms with van der Waals surface area (Å²) >= 11 is 12.0. The summed E-state index contributed by atoms with van der Waals surface area (Å²) in [4.78, 5) is 0. The maximum Gasteiger partial charge on any atom is 0.232 e. The van der Waals surface area contributed by atoms with Gasteiger partial charge >= 0.3 is 0 Å².